The minimum Gasteiger partial charge on any atom is -0.489 e. The molecule has 1 saturated heterocycles. The van der Waals surface area contributed by atoms with Crippen molar-refractivity contribution in [2.75, 3.05) is 26.2 Å². The highest BCUT2D eigenvalue weighted by atomic mass is 19.4. The van der Waals surface area contributed by atoms with Crippen molar-refractivity contribution in [3.63, 3.8) is 0 Å². The number of piperazine rings is 1. The number of carbonyl (C=O) groups excluding carboxylic acids is 1. The Hall–Kier alpha value is -3.33. The highest BCUT2D eigenvalue weighted by Crippen LogP contribution is 2.30. The molecule has 1 aromatic heterocycles. The van der Waals surface area contributed by atoms with Crippen LogP contribution in [0.25, 0.3) is 0 Å². The quantitative estimate of drug-likeness (QED) is 0.513. The lowest BCUT2D eigenvalue weighted by atomic mass is 10.1. The lowest BCUT2D eigenvalue weighted by Gasteiger charge is -2.35. The number of hydrogen-bond acceptors (Lipinski definition) is 5. The lowest BCUT2D eigenvalue weighted by molar-refractivity contribution is -0.137. The number of halogens is 3. The number of hydrogen-bond donors (Lipinski definition) is 0. The molecule has 3 aromatic rings. The van der Waals surface area contributed by atoms with Gasteiger partial charge in [0.05, 0.1) is 16.8 Å². The van der Waals surface area contributed by atoms with Crippen molar-refractivity contribution in [3.8, 4) is 5.75 Å². The molecule has 0 N–H and O–H groups in total. The predicted octanol–water partition coefficient (Wildman–Crippen LogP) is 4.85. The largest absolute Gasteiger partial charge is 0.489 e. The number of carbonyl (C=O) groups is 1. The van der Waals surface area contributed by atoms with Gasteiger partial charge < -0.3 is 14.2 Å². The van der Waals surface area contributed by atoms with Crippen LogP contribution in [0, 0.1) is 13.8 Å². The van der Waals surface area contributed by atoms with Gasteiger partial charge in [0, 0.05) is 38.3 Å². The van der Waals surface area contributed by atoms with Gasteiger partial charge in [-0.25, -0.2) is 0 Å². The molecule has 0 aliphatic carbocycles. The standard InChI is InChI=1S/C25H26F3N3O3/c1-17-23(18(2)34-29-17)16-33-22-8-6-20(7-9-22)24(32)31-12-10-30(11-13-31)15-19-4-3-5-21(14-19)25(26,27)28/h3-9,14H,10-13,15-16H2,1-2H3. The molecule has 9 heteroatoms. The Morgan fingerprint density at radius 3 is 2.38 bits per heavy atom. The molecule has 1 aliphatic rings. The molecule has 2 heterocycles. The van der Waals surface area contributed by atoms with Crippen LogP contribution in [-0.2, 0) is 19.3 Å². The molecular formula is C25H26F3N3O3. The maximum absolute atomic E-state index is 12.9. The number of aromatic nitrogens is 1. The van der Waals surface area contributed by atoms with E-state index in [1.165, 1.54) is 12.1 Å². The fourth-order valence-electron chi connectivity index (χ4n) is 3.95. The number of nitrogens with zero attached hydrogens (tertiary/aromatic N) is 3. The topological polar surface area (TPSA) is 58.8 Å². The molecule has 0 spiro atoms. The van der Waals surface area contributed by atoms with E-state index < -0.39 is 11.7 Å². The van der Waals surface area contributed by atoms with E-state index in [1.807, 2.05) is 13.8 Å². The summed E-state index contributed by atoms with van der Waals surface area (Å²) in [5, 5.41) is 3.91. The Balaban J connectivity index is 1.28. The molecule has 180 valence electrons. The van der Waals surface area contributed by atoms with Gasteiger partial charge >= 0.3 is 6.18 Å². The number of ether oxygens (including phenoxy) is 1. The average molecular weight is 473 g/mol. The molecule has 0 bridgehead atoms. The van der Waals surface area contributed by atoms with Gasteiger partial charge in [-0.15, -0.1) is 0 Å². The Morgan fingerprint density at radius 1 is 1.06 bits per heavy atom. The zero-order valence-corrected chi connectivity index (χ0v) is 19.1. The Kier molecular flexibility index (Phi) is 6.92. The second-order valence-electron chi connectivity index (χ2n) is 8.38. The van der Waals surface area contributed by atoms with Gasteiger partial charge in [0.25, 0.3) is 5.91 Å². The molecule has 0 radical (unpaired) electrons. The van der Waals surface area contributed by atoms with Crippen molar-refractivity contribution >= 4 is 5.91 Å². The molecule has 34 heavy (non-hydrogen) atoms. The first-order valence-corrected chi connectivity index (χ1v) is 11.0. The molecule has 0 unspecified atom stereocenters. The van der Waals surface area contributed by atoms with Crippen molar-refractivity contribution in [2.45, 2.75) is 33.2 Å². The van der Waals surface area contributed by atoms with E-state index in [0.29, 0.717) is 56.2 Å². The van der Waals surface area contributed by atoms with Gasteiger partial charge in [0.15, 0.2) is 0 Å². The zero-order valence-electron chi connectivity index (χ0n) is 19.1. The number of alkyl halides is 3. The first-order valence-electron chi connectivity index (χ1n) is 11.0. The molecule has 1 fully saturated rings. The summed E-state index contributed by atoms with van der Waals surface area (Å²) in [6.45, 7) is 6.67. The van der Waals surface area contributed by atoms with E-state index >= 15 is 0 Å². The molecular weight excluding hydrogens is 447 g/mol. The second-order valence-corrected chi connectivity index (χ2v) is 8.38. The van der Waals surface area contributed by atoms with Crippen molar-refractivity contribution in [2.24, 2.45) is 0 Å². The van der Waals surface area contributed by atoms with Crippen LogP contribution in [0.5, 0.6) is 5.75 Å². The lowest BCUT2D eigenvalue weighted by Crippen LogP contribution is -2.48. The summed E-state index contributed by atoms with van der Waals surface area (Å²) < 4.78 is 49.7. The highest BCUT2D eigenvalue weighted by molar-refractivity contribution is 5.94. The van der Waals surface area contributed by atoms with Gasteiger partial charge in [-0.2, -0.15) is 13.2 Å². The fourth-order valence-corrected chi connectivity index (χ4v) is 3.95. The third kappa shape index (κ3) is 5.59. The first kappa shape index (κ1) is 23.8. The van der Waals surface area contributed by atoms with Gasteiger partial charge in [0.2, 0.25) is 0 Å². The Morgan fingerprint density at radius 2 is 1.76 bits per heavy atom. The van der Waals surface area contributed by atoms with Gasteiger partial charge in [0.1, 0.15) is 18.1 Å². The van der Waals surface area contributed by atoms with Crippen LogP contribution >= 0.6 is 0 Å². The molecule has 2 aromatic carbocycles. The normalized spacial score (nSPS) is 14.9. The van der Waals surface area contributed by atoms with Crippen molar-refractivity contribution in [1.82, 2.24) is 15.0 Å². The first-order chi connectivity index (χ1) is 16.2. The van der Waals surface area contributed by atoms with Crippen LogP contribution in [0.3, 0.4) is 0 Å². The van der Waals surface area contributed by atoms with Crippen LogP contribution < -0.4 is 4.74 Å². The average Bonchev–Trinajstić information content (AvgIpc) is 3.15. The second kappa shape index (κ2) is 9.89. The third-order valence-electron chi connectivity index (χ3n) is 5.99. The summed E-state index contributed by atoms with van der Waals surface area (Å²) in [6.07, 6.45) is -4.35. The summed E-state index contributed by atoms with van der Waals surface area (Å²) in [6, 6.07) is 12.4. The van der Waals surface area contributed by atoms with Crippen LogP contribution in [0.2, 0.25) is 0 Å². The van der Waals surface area contributed by atoms with E-state index in [-0.39, 0.29) is 5.91 Å². The summed E-state index contributed by atoms with van der Waals surface area (Å²) in [4.78, 5) is 16.7. The van der Waals surface area contributed by atoms with E-state index in [2.05, 4.69) is 10.1 Å². The molecule has 6 nitrogen and oxygen atoms in total. The van der Waals surface area contributed by atoms with Crippen LogP contribution in [-0.4, -0.2) is 47.0 Å². The molecule has 0 atom stereocenters. The van der Waals surface area contributed by atoms with E-state index in [9.17, 15) is 18.0 Å². The summed E-state index contributed by atoms with van der Waals surface area (Å²) in [7, 11) is 0. The fraction of sp³-hybridized carbons (Fsp3) is 0.360. The van der Waals surface area contributed by atoms with Crippen LogP contribution in [0.1, 0.15) is 38.5 Å². The van der Waals surface area contributed by atoms with Gasteiger partial charge in [-0.3, -0.25) is 9.69 Å². The van der Waals surface area contributed by atoms with Crippen LogP contribution in [0.4, 0.5) is 13.2 Å². The molecule has 1 amide bonds. The number of benzene rings is 2. The maximum atomic E-state index is 12.9. The summed E-state index contributed by atoms with van der Waals surface area (Å²) in [5.41, 5.74) is 2.23. The number of amides is 1. The Labute approximate surface area is 195 Å². The smallest absolute Gasteiger partial charge is 0.416 e. The summed E-state index contributed by atoms with van der Waals surface area (Å²) in [5.74, 6) is 1.29. The molecule has 1 aliphatic heterocycles. The zero-order chi connectivity index (χ0) is 24.3. The van der Waals surface area contributed by atoms with E-state index in [1.54, 1.807) is 35.2 Å². The van der Waals surface area contributed by atoms with E-state index in [4.69, 9.17) is 9.26 Å². The minimum atomic E-state index is -4.35. The monoisotopic (exact) mass is 473 g/mol. The third-order valence-corrected chi connectivity index (χ3v) is 5.99. The van der Waals surface area contributed by atoms with Crippen molar-refractivity contribution in [1.29, 1.82) is 0 Å². The van der Waals surface area contributed by atoms with Gasteiger partial charge in [-0.1, -0.05) is 23.4 Å². The number of aryl methyl sites for hydroxylation is 2. The van der Waals surface area contributed by atoms with Crippen molar-refractivity contribution < 1.29 is 27.2 Å². The summed E-state index contributed by atoms with van der Waals surface area (Å²) >= 11 is 0. The van der Waals surface area contributed by atoms with Crippen LogP contribution in [0.15, 0.2) is 53.1 Å². The maximum Gasteiger partial charge on any atom is 0.416 e. The predicted molar refractivity (Wildman–Crippen MR) is 119 cm³/mol. The number of rotatable bonds is 6. The SMILES string of the molecule is Cc1noc(C)c1COc1ccc(C(=O)N2CCN(Cc3cccc(C(F)(F)F)c3)CC2)cc1. The van der Waals surface area contributed by atoms with Crippen molar-refractivity contribution in [3.05, 3.63) is 82.2 Å². The highest BCUT2D eigenvalue weighted by Gasteiger charge is 2.30. The molecule has 0 saturated carbocycles. The Bertz CT molecular complexity index is 1110. The molecule has 4 rings (SSSR count). The minimum absolute atomic E-state index is 0.0732. The van der Waals surface area contributed by atoms with Gasteiger partial charge in [-0.05, 0) is 49.7 Å². The van der Waals surface area contributed by atoms with E-state index in [0.717, 1.165) is 23.1 Å².